The van der Waals surface area contributed by atoms with Crippen LogP contribution < -0.4 is 10.2 Å². The Bertz CT molecular complexity index is 1100. The van der Waals surface area contributed by atoms with Gasteiger partial charge in [-0.15, -0.1) is 10.2 Å². The van der Waals surface area contributed by atoms with Crippen molar-refractivity contribution in [1.29, 1.82) is 0 Å². The van der Waals surface area contributed by atoms with E-state index in [1.165, 1.54) is 11.3 Å². The third-order valence-corrected chi connectivity index (χ3v) is 6.84. The number of amides is 2. The average molecular weight is 506 g/mol. The number of nitrogens with one attached hydrogen (secondary N) is 1. The summed E-state index contributed by atoms with van der Waals surface area (Å²) in [5.41, 5.74) is 2.66. The van der Waals surface area contributed by atoms with E-state index in [1.54, 1.807) is 4.90 Å². The third kappa shape index (κ3) is 4.71. The predicted octanol–water partition coefficient (Wildman–Crippen LogP) is 4.96. The highest BCUT2D eigenvalue weighted by atomic mass is 79.9. The highest BCUT2D eigenvalue weighted by Gasteiger charge is 2.34. The fourth-order valence-electron chi connectivity index (χ4n) is 3.27. The highest BCUT2D eigenvalue weighted by Crippen LogP contribution is 2.35. The normalized spacial score (nSPS) is 16.2. The molecular formula is C21H18BrClN4O2S. The lowest BCUT2D eigenvalue weighted by molar-refractivity contribution is -0.117. The largest absolute Gasteiger partial charge is 0.312 e. The molecule has 1 aliphatic rings. The van der Waals surface area contributed by atoms with Gasteiger partial charge in [0.15, 0.2) is 0 Å². The van der Waals surface area contributed by atoms with Crippen LogP contribution in [0, 0.1) is 6.92 Å². The van der Waals surface area contributed by atoms with Gasteiger partial charge in [0.2, 0.25) is 16.9 Å². The molecule has 30 heavy (non-hydrogen) atoms. The van der Waals surface area contributed by atoms with Crippen LogP contribution in [0.1, 0.15) is 28.5 Å². The van der Waals surface area contributed by atoms with E-state index in [0.29, 0.717) is 23.1 Å². The number of hydrogen-bond donors (Lipinski definition) is 1. The second kappa shape index (κ2) is 8.83. The van der Waals surface area contributed by atoms with Gasteiger partial charge in [0.05, 0.1) is 6.42 Å². The number of anilines is 2. The van der Waals surface area contributed by atoms with E-state index in [4.69, 9.17) is 11.6 Å². The maximum absolute atomic E-state index is 12.5. The van der Waals surface area contributed by atoms with Crippen LogP contribution in [0.3, 0.4) is 0 Å². The number of nitrogens with zero attached hydrogens (tertiary/aromatic N) is 3. The Morgan fingerprint density at radius 3 is 2.77 bits per heavy atom. The fraction of sp³-hybridized carbons (Fsp3) is 0.238. The predicted molar refractivity (Wildman–Crippen MR) is 122 cm³/mol. The van der Waals surface area contributed by atoms with Crippen LogP contribution in [-0.2, 0) is 16.0 Å². The van der Waals surface area contributed by atoms with E-state index in [1.807, 2.05) is 49.4 Å². The second-order valence-corrected chi connectivity index (χ2v) is 9.47. The molecule has 0 spiro atoms. The van der Waals surface area contributed by atoms with Crippen molar-refractivity contribution in [3.05, 3.63) is 68.1 Å². The number of carbonyl (C=O) groups is 2. The molecule has 2 heterocycles. The van der Waals surface area contributed by atoms with Crippen molar-refractivity contribution in [3.63, 3.8) is 0 Å². The lowest BCUT2D eigenvalue weighted by atomic mass is 10.1. The number of carbonyl (C=O) groups excluding carboxylic acids is 2. The van der Waals surface area contributed by atoms with Crippen LogP contribution in [0.25, 0.3) is 0 Å². The van der Waals surface area contributed by atoms with Gasteiger partial charge in [0.1, 0.15) is 5.01 Å². The van der Waals surface area contributed by atoms with Crippen LogP contribution in [0.15, 0.2) is 46.9 Å². The van der Waals surface area contributed by atoms with Crippen molar-refractivity contribution in [2.45, 2.75) is 25.7 Å². The molecule has 1 unspecified atom stereocenters. The van der Waals surface area contributed by atoms with Crippen LogP contribution in [0.2, 0.25) is 5.02 Å². The van der Waals surface area contributed by atoms with Crippen LogP contribution in [0.5, 0.6) is 0 Å². The molecule has 9 heteroatoms. The van der Waals surface area contributed by atoms with Gasteiger partial charge in [-0.3, -0.25) is 9.59 Å². The van der Waals surface area contributed by atoms with E-state index in [0.717, 1.165) is 26.3 Å². The minimum absolute atomic E-state index is 0.0240. The zero-order valence-corrected chi connectivity index (χ0v) is 19.2. The lowest BCUT2D eigenvalue weighted by Crippen LogP contribution is -2.24. The number of benzene rings is 2. The summed E-state index contributed by atoms with van der Waals surface area (Å²) in [6.07, 6.45) is 0.610. The van der Waals surface area contributed by atoms with Gasteiger partial charge in [-0.2, -0.15) is 0 Å². The highest BCUT2D eigenvalue weighted by molar-refractivity contribution is 9.10. The van der Waals surface area contributed by atoms with Crippen molar-refractivity contribution < 1.29 is 9.59 Å². The summed E-state index contributed by atoms with van der Waals surface area (Å²) < 4.78 is 0.966. The van der Waals surface area contributed by atoms with Crippen molar-refractivity contribution in [2.24, 2.45) is 0 Å². The van der Waals surface area contributed by atoms with Crippen LogP contribution in [0.4, 0.5) is 10.8 Å². The molecule has 6 nitrogen and oxygen atoms in total. The van der Waals surface area contributed by atoms with E-state index >= 15 is 0 Å². The first-order valence-corrected chi connectivity index (χ1v) is 11.3. The first kappa shape index (κ1) is 21.0. The summed E-state index contributed by atoms with van der Waals surface area (Å²) in [7, 11) is 0. The second-order valence-electron chi connectivity index (χ2n) is 7.14. The van der Waals surface area contributed by atoms with E-state index in [-0.39, 0.29) is 24.2 Å². The van der Waals surface area contributed by atoms with Gasteiger partial charge in [0.25, 0.3) is 0 Å². The van der Waals surface area contributed by atoms with Crippen molar-refractivity contribution >= 4 is 61.5 Å². The molecule has 1 saturated heterocycles. The molecular weight excluding hydrogens is 488 g/mol. The summed E-state index contributed by atoms with van der Waals surface area (Å²) >= 11 is 10.9. The molecule has 1 aliphatic heterocycles. The van der Waals surface area contributed by atoms with Crippen molar-refractivity contribution in [2.75, 3.05) is 16.8 Å². The molecule has 0 radical (unpaired) electrons. The Labute approximate surface area is 191 Å². The standard InChI is InChI=1S/C21H18BrClN4O2S/c1-12-2-7-16(10-17(12)23)27-11-14(9-19(27)29)20-25-26-21(30-20)24-18(28)8-13-3-5-15(22)6-4-13/h2-7,10,14H,8-9,11H2,1H3,(H,24,26,28). The SMILES string of the molecule is Cc1ccc(N2CC(c3nnc(NC(=O)Cc4ccc(Br)cc4)s3)CC2=O)cc1Cl. The monoisotopic (exact) mass is 504 g/mol. The summed E-state index contributed by atoms with van der Waals surface area (Å²) in [6.45, 7) is 2.44. The third-order valence-electron chi connectivity index (χ3n) is 4.91. The molecule has 1 aromatic heterocycles. The van der Waals surface area contributed by atoms with Gasteiger partial charge in [-0.05, 0) is 42.3 Å². The molecule has 2 amide bonds. The molecule has 1 N–H and O–H groups in total. The zero-order valence-electron chi connectivity index (χ0n) is 16.1. The van der Waals surface area contributed by atoms with Gasteiger partial charge < -0.3 is 10.2 Å². The number of aryl methyl sites for hydroxylation is 1. The Kier molecular flexibility index (Phi) is 6.17. The first-order valence-electron chi connectivity index (χ1n) is 9.33. The van der Waals surface area contributed by atoms with Crippen LogP contribution >= 0.6 is 38.9 Å². The van der Waals surface area contributed by atoms with Crippen LogP contribution in [-0.4, -0.2) is 28.6 Å². The topological polar surface area (TPSA) is 75.2 Å². The Morgan fingerprint density at radius 1 is 1.27 bits per heavy atom. The molecule has 154 valence electrons. The number of aromatic nitrogens is 2. The molecule has 3 aromatic rings. The number of rotatable bonds is 5. The Morgan fingerprint density at radius 2 is 2.03 bits per heavy atom. The van der Waals surface area contributed by atoms with Gasteiger partial charge in [-0.25, -0.2) is 0 Å². The molecule has 1 fully saturated rings. The lowest BCUT2D eigenvalue weighted by Gasteiger charge is -2.17. The summed E-state index contributed by atoms with van der Waals surface area (Å²) in [6, 6.07) is 13.2. The van der Waals surface area contributed by atoms with Crippen molar-refractivity contribution in [1.82, 2.24) is 10.2 Å². The first-order chi connectivity index (χ1) is 14.4. The van der Waals surface area contributed by atoms with Gasteiger partial charge >= 0.3 is 0 Å². The summed E-state index contributed by atoms with van der Waals surface area (Å²) in [5, 5.41) is 12.9. The molecule has 4 rings (SSSR count). The molecule has 0 saturated carbocycles. The van der Waals surface area contributed by atoms with Gasteiger partial charge in [0, 0.05) is 34.1 Å². The molecule has 0 aliphatic carbocycles. The summed E-state index contributed by atoms with van der Waals surface area (Å²) in [4.78, 5) is 26.5. The minimum Gasteiger partial charge on any atom is -0.312 e. The fourth-order valence-corrected chi connectivity index (χ4v) is 4.56. The average Bonchev–Trinajstić information content (AvgIpc) is 3.32. The van der Waals surface area contributed by atoms with E-state index in [9.17, 15) is 9.59 Å². The quantitative estimate of drug-likeness (QED) is 0.531. The molecule has 0 bridgehead atoms. The molecule has 2 aromatic carbocycles. The van der Waals surface area contributed by atoms with Gasteiger partial charge in [-0.1, -0.05) is 57.1 Å². The smallest absolute Gasteiger partial charge is 0.230 e. The summed E-state index contributed by atoms with van der Waals surface area (Å²) in [5.74, 6) is -0.193. The number of hydrogen-bond acceptors (Lipinski definition) is 5. The Balaban J connectivity index is 1.40. The number of halogens is 2. The zero-order chi connectivity index (χ0) is 21.3. The minimum atomic E-state index is -0.154. The van der Waals surface area contributed by atoms with E-state index < -0.39 is 0 Å². The molecule has 1 atom stereocenters. The Hall–Kier alpha value is -2.29. The van der Waals surface area contributed by atoms with Crippen molar-refractivity contribution in [3.8, 4) is 0 Å². The maximum Gasteiger partial charge on any atom is 0.230 e. The maximum atomic E-state index is 12.5. The van der Waals surface area contributed by atoms with E-state index in [2.05, 4.69) is 31.4 Å².